The molecule has 0 bridgehead atoms. The number of nitrogens with two attached hydrogens (primary N) is 2. The van der Waals surface area contributed by atoms with Crippen LogP contribution in [0.3, 0.4) is 0 Å². The summed E-state index contributed by atoms with van der Waals surface area (Å²) in [5.41, 5.74) is 16.6. The Labute approximate surface area is 146 Å². The van der Waals surface area contributed by atoms with Crippen molar-refractivity contribution in [3.63, 3.8) is 0 Å². The van der Waals surface area contributed by atoms with E-state index in [0.717, 1.165) is 36.8 Å². The van der Waals surface area contributed by atoms with Gasteiger partial charge >= 0.3 is 0 Å². The molecule has 0 fully saturated rings. The van der Waals surface area contributed by atoms with Gasteiger partial charge in [0.05, 0.1) is 0 Å². The van der Waals surface area contributed by atoms with Gasteiger partial charge in [0.25, 0.3) is 0 Å². The average Bonchev–Trinajstić information content (AvgIpc) is 2.61. The van der Waals surface area contributed by atoms with Gasteiger partial charge in [-0.25, -0.2) is 0 Å². The summed E-state index contributed by atoms with van der Waals surface area (Å²) >= 11 is 0. The van der Waals surface area contributed by atoms with Crippen LogP contribution in [0, 0.1) is 11.8 Å². The van der Waals surface area contributed by atoms with E-state index in [1.165, 1.54) is 11.1 Å². The van der Waals surface area contributed by atoms with E-state index in [4.69, 9.17) is 11.5 Å². The van der Waals surface area contributed by atoms with E-state index in [0.29, 0.717) is 0 Å². The first-order valence-corrected chi connectivity index (χ1v) is 8.87. The molecule has 0 amide bonds. The lowest BCUT2D eigenvalue weighted by Gasteiger charge is -2.10. The van der Waals surface area contributed by atoms with Gasteiger partial charge in [0.1, 0.15) is 0 Å². The van der Waals surface area contributed by atoms with Gasteiger partial charge in [-0.3, -0.25) is 0 Å². The highest BCUT2D eigenvalue weighted by Gasteiger charge is 2.04. The molecule has 2 atom stereocenters. The summed E-state index contributed by atoms with van der Waals surface area (Å²) in [4.78, 5) is 0. The highest BCUT2D eigenvalue weighted by Crippen LogP contribution is 2.17. The normalized spacial score (nSPS) is 13.0. The molecule has 0 aliphatic carbocycles. The molecule has 2 rings (SSSR count). The number of hydrogen-bond acceptors (Lipinski definition) is 2. The Kier molecular flexibility index (Phi) is 7.06. The van der Waals surface area contributed by atoms with E-state index in [2.05, 4.69) is 50.0 Å². The lowest BCUT2D eigenvalue weighted by molar-refractivity contribution is 0.638. The van der Waals surface area contributed by atoms with Gasteiger partial charge in [0.15, 0.2) is 0 Å². The van der Waals surface area contributed by atoms with E-state index >= 15 is 0 Å². The maximum absolute atomic E-state index is 6.13. The second-order valence-corrected chi connectivity index (χ2v) is 6.28. The minimum absolute atomic E-state index is 0.122. The van der Waals surface area contributed by atoms with Crippen LogP contribution in [0.2, 0.25) is 0 Å². The predicted octanol–water partition coefficient (Wildman–Crippen LogP) is 4.69. The van der Waals surface area contributed by atoms with Crippen molar-refractivity contribution in [3.05, 3.63) is 70.8 Å². The number of rotatable bonds is 6. The molecular formula is C22H28N2. The smallest absolute Gasteiger partial charge is 0.0294 e. The fourth-order valence-electron chi connectivity index (χ4n) is 2.73. The summed E-state index contributed by atoms with van der Waals surface area (Å²) in [7, 11) is 0. The Bertz CT molecular complexity index is 615. The van der Waals surface area contributed by atoms with Crippen LogP contribution in [-0.4, -0.2) is 0 Å². The molecule has 2 heteroatoms. The van der Waals surface area contributed by atoms with E-state index in [-0.39, 0.29) is 12.1 Å². The van der Waals surface area contributed by atoms with Crippen LogP contribution < -0.4 is 11.5 Å². The maximum atomic E-state index is 6.13. The van der Waals surface area contributed by atoms with Gasteiger partial charge in [0, 0.05) is 23.2 Å². The molecular weight excluding hydrogens is 292 g/mol. The average molecular weight is 320 g/mol. The van der Waals surface area contributed by atoms with Crippen molar-refractivity contribution >= 4 is 0 Å². The minimum atomic E-state index is 0.122. The van der Waals surface area contributed by atoms with Gasteiger partial charge < -0.3 is 11.5 Å². The first-order valence-electron chi connectivity index (χ1n) is 8.87. The Morgan fingerprint density at radius 3 is 1.29 bits per heavy atom. The van der Waals surface area contributed by atoms with E-state index in [1.54, 1.807) is 0 Å². The summed E-state index contributed by atoms with van der Waals surface area (Å²) in [6.45, 7) is 4.31. The van der Waals surface area contributed by atoms with Crippen LogP contribution in [-0.2, 0) is 0 Å². The maximum Gasteiger partial charge on any atom is 0.0294 e. The zero-order chi connectivity index (χ0) is 17.4. The van der Waals surface area contributed by atoms with Gasteiger partial charge in [-0.05, 0) is 48.2 Å². The van der Waals surface area contributed by atoms with Crippen molar-refractivity contribution in [2.45, 2.75) is 51.6 Å². The summed E-state index contributed by atoms with van der Waals surface area (Å²) < 4.78 is 0. The van der Waals surface area contributed by atoms with Crippen LogP contribution in [0.4, 0.5) is 0 Å². The van der Waals surface area contributed by atoms with Crippen molar-refractivity contribution < 1.29 is 0 Å². The van der Waals surface area contributed by atoms with Crippen molar-refractivity contribution in [1.82, 2.24) is 0 Å². The fourth-order valence-corrected chi connectivity index (χ4v) is 2.73. The summed E-state index contributed by atoms with van der Waals surface area (Å²) in [5.74, 6) is 6.42. The molecule has 2 unspecified atom stereocenters. The molecule has 0 heterocycles. The molecule has 4 N–H and O–H groups in total. The van der Waals surface area contributed by atoms with Crippen LogP contribution >= 0.6 is 0 Å². The van der Waals surface area contributed by atoms with Crippen molar-refractivity contribution in [2.75, 3.05) is 0 Å². The first kappa shape index (κ1) is 18.3. The zero-order valence-corrected chi connectivity index (χ0v) is 14.8. The molecule has 0 aliphatic heterocycles. The highest BCUT2D eigenvalue weighted by molar-refractivity contribution is 5.44. The second-order valence-electron chi connectivity index (χ2n) is 6.28. The van der Waals surface area contributed by atoms with Gasteiger partial charge in [0.2, 0.25) is 0 Å². The van der Waals surface area contributed by atoms with E-state index < -0.39 is 0 Å². The Balaban J connectivity index is 2.04. The molecule has 0 radical (unpaired) electrons. The molecule has 0 saturated carbocycles. The van der Waals surface area contributed by atoms with E-state index in [1.807, 2.05) is 24.3 Å². The molecule has 2 nitrogen and oxygen atoms in total. The SMILES string of the molecule is CCCC(N)c1ccc(C#Cc2ccc(C(N)CCC)cc2)cc1. The molecule has 126 valence electrons. The Morgan fingerprint density at radius 2 is 1.00 bits per heavy atom. The third-order valence-electron chi connectivity index (χ3n) is 4.23. The largest absolute Gasteiger partial charge is 0.324 e. The zero-order valence-electron chi connectivity index (χ0n) is 14.8. The van der Waals surface area contributed by atoms with Gasteiger partial charge in [-0.1, -0.05) is 62.8 Å². The van der Waals surface area contributed by atoms with Crippen LogP contribution in [0.15, 0.2) is 48.5 Å². The standard InChI is InChI=1S/C22H28N2/c1-3-5-21(23)19-13-9-17(10-14-19)7-8-18-11-15-20(16-12-18)22(24)6-4-2/h9-16,21-22H,3-6,23-24H2,1-2H3. The van der Waals surface area contributed by atoms with Gasteiger partial charge in [-0.2, -0.15) is 0 Å². The number of hydrogen-bond donors (Lipinski definition) is 2. The Hall–Kier alpha value is -2.08. The second kappa shape index (κ2) is 9.27. The third kappa shape index (κ3) is 5.23. The molecule has 0 saturated heterocycles. The summed E-state index contributed by atoms with van der Waals surface area (Å²) in [6.07, 6.45) is 4.22. The lowest BCUT2D eigenvalue weighted by atomic mass is 10.0. The van der Waals surface area contributed by atoms with Crippen LogP contribution in [0.25, 0.3) is 0 Å². The molecule has 0 spiro atoms. The van der Waals surface area contributed by atoms with Crippen molar-refractivity contribution in [2.24, 2.45) is 11.5 Å². The molecule has 2 aromatic carbocycles. The van der Waals surface area contributed by atoms with E-state index in [9.17, 15) is 0 Å². The molecule has 0 aromatic heterocycles. The predicted molar refractivity (Wildman–Crippen MR) is 103 cm³/mol. The highest BCUT2D eigenvalue weighted by atomic mass is 14.6. The molecule has 2 aromatic rings. The lowest BCUT2D eigenvalue weighted by Crippen LogP contribution is -2.09. The summed E-state index contributed by atoms with van der Waals surface area (Å²) in [6, 6.07) is 16.7. The topological polar surface area (TPSA) is 52.0 Å². The van der Waals surface area contributed by atoms with Crippen molar-refractivity contribution in [1.29, 1.82) is 0 Å². The monoisotopic (exact) mass is 320 g/mol. The molecule has 24 heavy (non-hydrogen) atoms. The van der Waals surface area contributed by atoms with Gasteiger partial charge in [-0.15, -0.1) is 0 Å². The minimum Gasteiger partial charge on any atom is -0.324 e. The Morgan fingerprint density at radius 1 is 0.667 bits per heavy atom. The third-order valence-corrected chi connectivity index (χ3v) is 4.23. The van der Waals surface area contributed by atoms with Crippen molar-refractivity contribution in [3.8, 4) is 11.8 Å². The quantitative estimate of drug-likeness (QED) is 0.759. The fraction of sp³-hybridized carbons (Fsp3) is 0.364. The molecule has 0 aliphatic rings. The first-order chi connectivity index (χ1) is 11.6. The van der Waals surface area contributed by atoms with Crippen LogP contribution in [0.5, 0.6) is 0 Å². The van der Waals surface area contributed by atoms with Crippen LogP contribution in [0.1, 0.15) is 73.9 Å². The summed E-state index contributed by atoms with van der Waals surface area (Å²) in [5, 5.41) is 0. The number of benzene rings is 2.